The van der Waals surface area contributed by atoms with Gasteiger partial charge in [0.25, 0.3) is 0 Å². The highest BCUT2D eigenvalue weighted by molar-refractivity contribution is 6.31. The zero-order valence-electron chi connectivity index (χ0n) is 16.0. The molecule has 0 bridgehead atoms. The molecule has 148 valence electrons. The number of nitrogens with zero attached hydrogens (tertiary/aromatic N) is 6. The molecule has 1 aliphatic heterocycles. The summed E-state index contributed by atoms with van der Waals surface area (Å²) in [6.07, 6.45) is 3.78. The number of aromatic nitrogens is 5. The molecule has 0 radical (unpaired) electrons. The van der Waals surface area contributed by atoms with Gasteiger partial charge in [0.2, 0.25) is 5.91 Å². The van der Waals surface area contributed by atoms with E-state index in [2.05, 4.69) is 15.5 Å². The number of likely N-dealkylation sites (N-methyl/N-ethyl adjacent to an activating group) is 1. The number of carbonyl (C=O) groups is 1. The van der Waals surface area contributed by atoms with Gasteiger partial charge in [-0.3, -0.25) is 14.0 Å². The van der Waals surface area contributed by atoms with Gasteiger partial charge in [0.1, 0.15) is 12.4 Å². The van der Waals surface area contributed by atoms with E-state index in [0.29, 0.717) is 36.6 Å². The molecule has 0 fully saturated rings. The number of fused-ring (bicyclic) bond motifs is 1. The Bertz CT molecular complexity index is 848. The summed E-state index contributed by atoms with van der Waals surface area (Å²) < 4.78 is 4.81. The Morgan fingerprint density at radius 2 is 2.15 bits per heavy atom. The number of hydrogen-bond acceptors (Lipinski definition) is 5. The molecule has 0 saturated heterocycles. The summed E-state index contributed by atoms with van der Waals surface area (Å²) in [5.74, 6) is 0.687. The number of amides is 1. The van der Waals surface area contributed by atoms with Crippen LogP contribution in [0.15, 0.2) is 11.0 Å². The van der Waals surface area contributed by atoms with Crippen molar-refractivity contribution >= 4 is 17.5 Å². The van der Waals surface area contributed by atoms with Gasteiger partial charge in [-0.2, -0.15) is 10.2 Å². The van der Waals surface area contributed by atoms with Crippen molar-refractivity contribution in [2.24, 2.45) is 0 Å². The number of halogens is 1. The highest BCUT2D eigenvalue weighted by Gasteiger charge is 2.22. The molecule has 9 nitrogen and oxygen atoms in total. The maximum atomic E-state index is 12.5. The summed E-state index contributed by atoms with van der Waals surface area (Å²) in [6.45, 7) is 3.85. The van der Waals surface area contributed by atoms with Crippen molar-refractivity contribution in [1.82, 2.24) is 34.3 Å². The summed E-state index contributed by atoms with van der Waals surface area (Å²) >= 11 is 5.97. The van der Waals surface area contributed by atoms with E-state index in [9.17, 15) is 9.59 Å². The van der Waals surface area contributed by atoms with E-state index in [1.807, 2.05) is 19.0 Å². The van der Waals surface area contributed by atoms with Gasteiger partial charge in [-0.1, -0.05) is 11.6 Å². The molecule has 1 aliphatic rings. The third-order valence-corrected chi connectivity index (χ3v) is 5.10. The fraction of sp³-hybridized carbons (Fsp3) is 0.647. The van der Waals surface area contributed by atoms with Gasteiger partial charge < -0.3 is 10.2 Å². The van der Waals surface area contributed by atoms with Crippen LogP contribution < -0.4 is 11.0 Å². The Kier molecular flexibility index (Phi) is 6.01. The average Bonchev–Trinajstić information content (AvgIpc) is 2.98. The van der Waals surface area contributed by atoms with Crippen LogP contribution in [0.1, 0.15) is 24.4 Å². The lowest BCUT2D eigenvalue weighted by atomic mass is 10.1. The fourth-order valence-corrected chi connectivity index (χ4v) is 3.36. The molecule has 27 heavy (non-hydrogen) atoms. The zero-order valence-corrected chi connectivity index (χ0v) is 16.7. The van der Waals surface area contributed by atoms with Gasteiger partial charge >= 0.3 is 5.69 Å². The maximum absolute atomic E-state index is 12.5. The van der Waals surface area contributed by atoms with Crippen molar-refractivity contribution in [3.05, 3.63) is 33.2 Å². The molecule has 1 amide bonds. The smallest absolute Gasteiger partial charge is 0.345 e. The summed E-state index contributed by atoms with van der Waals surface area (Å²) in [7, 11) is 3.94. The number of rotatable bonds is 6. The Morgan fingerprint density at radius 3 is 2.81 bits per heavy atom. The highest BCUT2D eigenvalue weighted by Crippen LogP contribution is 2.13. The van der Waals surface area contributed by atoms with Gasteiger partial charge in [0.15, 0.2) is 0 Å². The van der Waals surface area contributed by atoms with Crippen LogP contribution in [-0.2, 0) is 30.8 Å². The van der Waals surface area contributed by atoms with Crippen molar-refractivity contribution in [3.63, 3.8) is 0 Å². The minimum atomic E-state index is -0.109. The van der Waals surface area contributed by atoms with E-state index < -0.39 is 0 Å². The third kappa shape index (κ3) is 4.78. The minimum absolute atomic E-state index is 0.0148. The molecule has 0 spiro atoms. The second-order valence-electron chi connectivity index (χ2n) is 7.23. The monoisotopic (exact) mass is 395 g/mol. The SMILES string of the molecule is Cc1nn(CC(=O)NC2CCc3nn(CCN(C)C)c(=O)n3CC2)cc1Cl. The summed E-state index contributed by atoms with van der Waals surface area (Å²) in [6, 6.07) is 0.0148. The van der Waals surface area contributed by atoms with Gasteiger partial charge in [0, 0.05) is 31.7 Å². The van der Waals surface area contributed by atoms with Crippen LogP contribution in [0.2, 0.25) is 5.02 Å². The standard InChI is InChI=1S/C17H26ClN7O2/c1-12-14(18)10-23(20-12)11-16(26)19-13-4-5-15-21-25(9-8-22(2)3)17(27)24(15)7-6-13/h10,13H,4-9,11H2,1-3H3,(H,19,26). The van der Waals surface area contributed by atoms with E-state index in [-0.39, 0.29) is 24.2 Å². The minimum Gasteiger partial charge on any atom is -0.352 e. The van der Waals surface area contributed by atoms with Crippen LogP contribution in [0.5, 0.6) is 0 Å². The molecule has 0 aliphatic carbocycles. The first-order valence-corrected chi connectivity index (χ1v) is 9.51. The molecule has 0 aromatic carbocycles. The lowest BCUT2D eigenvalue weighted by Crippen LogP contribution is -2.38. The van der Waals surface area contributed by atoms with Crippen molar-refractivity contribution in [2.45, 2.75) is 51.9 Å². The fourth-order valence-electron chi connectivity index (χ4n) is 3.21. The van der Waals surface area contributed by atoms with Gasteiger partial charge in [0.05, 0.1) is 17.3 Å². The molecule has 3 heterocycles. The lowest BCUT2D eigenvalue weighted by Gasteiger charge is -2.16. The van der Waals surface area contributed by atoms with Crippen LogP contribution >= 0.6 is 11.6 Å². The van der Waals surface area contributed by atoms with E-state index in [1.54, 1.807) is 17.7 Å². The van der Waals surface area contributed by atoms with Crippen LogP contribution in [0, 0.1) is 6.92 Å². The lowest BCUT2D eigenvalue weighted by molar-refractivity contribution is -0.122. The molecule has 0 saturated carbocycles. The van der Waals surface area contributed by atoms with E-state index >= 15 is 0 Å². The Labute approximate surface area is 162 Å². The predicted molar refractivity (Wildman–Crippen MR) is 102 cm³/mol. The quantitative estimate of drug-likeness (QED) is 0.759. The first kappa shape index (κ1) is 19.6. The molecule has 3 rings (SSSR count). The van der Waals surface area contributed by atoms with Crippen molar-refractivity contribution < 1.29 is 4.79 Å². The Morgan fingerprint density at radius 1 is 1.37 bits per heavy atom. The van der Waals surface area contributed by atoms with E-state index in [0.717, 1.165) is 18.8 Å². The van der Waals surface area contributed by atoms with E-state index in [1.165, 1.54) is 9.36 Å². The molecular weight excluding hydrogens is 370 g/mol. The third-order valence-electron chi connectivity index (χ3n) is 4.73. The number of hydrogen-bond donors (Lipinski definition) is 1. The summed E-state index contributed by atoms with van der Waals surface area (Å²) in [5.41, 5.74) is 0.635. The Balaban J connectivity index is 1.57. The molecular formula is C17H26ClN7O2. The van der Waals surface area contributed by atoms with Gasteiger partial charge in [-0.05, 0) is 33.9 Å². The average molecular weight is 396 g/mol. The number of nitrogens with one attached hydrogen (secondary N) is 1. The first-order chi connectivity index (χ1) is 12.8. The van der Waals surface area contributed by atoms with Gasteiger partial charge in [-0.25, -0.2) is 9.48 Å². The van der Waals surface area contributed by atoms with Crippen molar-refractivity contribution in [1.29, 1.82) is 0 Å². The van der Waals surface area contributed by atoms with Crippen LogP contribution in [0.4, 0.5) is 0 Å². The number of aryl methyl sites for hydroxylation is 2. The predicted octanol–water partition coefficient (Wildman–Crippen LogP) is 0.286. The normalized spacial score (nSPS) is 17.0. The summed E-state index contributed by atoms with van der Waals surface area (Å²) in [4.78, 5) is 26.8. The molecule has 2 aromatic heterocycles. The highest BCUT2D eigenvalue weighted by atomic mass is 35.5. The van der Waals surface area contributed by atoms with Crippen LogP contribution in [0.3, 0.4) is 0 Å². The second kappa shape index (κ2) is 8.26. The first-order valence-electron chi connectivity index (χ1n) is 9.13. The maximum Gasteiger partial charge on any atom is 0.345 e. The number of carbonyl (C=O) groups excluding carboxylic acids is 1. The van der Waals surface area contributed by atoms with Crippen molar-refractivity contribution in [3.8, 4) is 0 Å². The Hall–Kier alpha value is -2.13. The molecule has 1 N–H and O–H groups in total. The summed E-state index contributed by atoms with van der Waals surface area (Å²) in [5, 5.41) is 12.3. The van der Waals surface area contributed by atoms with Crippen LogP contribution in [0.25, 0.3) is 0 Å². The zero-order chi connectivity index (χ0) is 19.6. The molecule has 2 aromatic rings. The molecule has 1 unspecified atom stereocenters. The molecule has 10 heteroatoms. The largest absolute Gasteiger partial charge is 0.352 e. The molecule has 1 atom stereocenters. The van der Waals surface area contributed by atoms with Gasteiger partial charge in [-0.15, -0.1) is 0 Å². The van der Waals surface area contributed by atoms with Crippen molar-refractivity contribution in [2.75, 3.05) is 20.6 Å². The second-order valence-corrected chi connectivity index (χ2v) is 7.64. The van der Waals surface area contributed by atoms with Crippen LogP contribution in [-0.4, -0.2) is 61.6 Å². The van der Waals surface area contributed by atoms with E-state index in [4.69, 9.17) is 11.6 Å². The topological polar surface area (TPSA) is 90.0 Å².